The first-order valence-electron chi connectivity index (χ1n) is 3.30. The number of nitrogens with two attached hydrogens (primary N) is 1. The zero-order valence-electron chi connectivity index (χ0n) is 6.04. The second-order valence-corrected chi connectivity index (χ2v) is 2.14. The van der Waals surface area contributed by atoms with Gasteiger partial charge in [0.2, 0.25) is 0 Å². The van der Waals surface area contributed by atoms with Crippen molar-refractivity contribution in [2.24, 2.45) is 5.84 Å². The number of para-hydroxylation sites is 1. The lowest BCUT2D eigenvalue weighted by Crippen LogP contribution is -2.08. The van der Waals surface area contributed by atoms with Gasteiger partial charge in [-0.15, -0.1) is 0 Å². The maximum absolute atomic E-state index is 8.42. The summed E-state index contributed by atoms with van der Waals surface area (Å²) < 4.78 is 0. The minimum atomic E-state index is 0.389. The minimum absolute atomic E-state index is 0.389. The maximum atomic E-state index is 8.42. The van der Waals surface area contributed by atoms with E-state index in [2.05, 4.69) is 11.5 Å². The Balaban J connectivity index is 2.94. The Hall–Kier alpha value is -1.53. The van der Waals surface area contributed by atoms with Crippen LogP contribution in [0.5, 0.6) is 0 Å². The highest BCUT2D eigenvalue weighted by atomic mass is 15.2. The lowest BCUT2D eigenvalue weighted by molar-refractivity contribution is 1.23. The second-order valence-electron chi connectivity index (χ2n) is 2.14. The summed E-state index contributed by atoms with van der Waals surface area (Å²) >= 11 is 0. The summed E-state index contributed by atoms with van der Waals surface area (Å²) in [5.74, 6) is 5.22. The van der Waals surface area contributed by atoms with Crippen LogP contribution in [0.25, 0.3) is 0 Å². The number of nitrogens with one attached hydrogen (secondary N) is 1. The standard InChI is InChI=1S/C8H9N3/c9-6-5-7-3-1-2-4-8(7)11-10/h1-4,11H,5,10H2. The maximum Gasteiger partial charge on any atom is 0.0670 e. The summed E-state index contributed by atoms with van der Waals surface area (Å²) in [6.07, 6.45) is 0.389. The number of anilines is 1. The first kappa shape index (κ1) is 7.58. The molecular weight excluding hydrogens is 138 g/mol. The first-order valence-corrected chi connectivity index (χ1v) is 3.30. The van der Waals surface area contributed by atoms with Gasteiger partial charge in [0.1, 0.15) is 0 Å². The topological polar surface area (TPSA) is 61.8 Å². The Morgan fingerprint density at radius 3 is 2.82 bits per heavy atom. The van der Waals surface area contributed by atoms with E-state index in [1.807, 2.05) is 24.3 Å². The van der Waals surface area contributed by atoms with Crippen LogP contribution in [0.15, 0.2) is 24.3 Å². The van der Waals surface area contributed by atoms with Gasteiger partial charge in [-0.05, 0) is 11.6 Å². The van der Waals surface area contributed by atoms with Crippen molar-refractivity contribution < 1.29 is 0 Å². The molecule has 0 spiro atoms. The third-order valence-electron chi connectivity index (χ3n) is 1.44. The van der Waals surface area contributed by atoms with Crippen LogP contribution in [0.4, 0.5) is 5.69 Å². The van der Waals surface area contributed by atoms with E-state index in [0.717, 1.165) is 11.3 Å². The van der Waals surface area contributed by atoms with Gasteiger partial charge in [0.15, 0.2) is 0 Å². The van der Waals surface area contributed by atoms with Crippen LogP contribution in [0.3, 0.4) is 0 Å². The Bertz CT molecular complexity index is 275. The molecule has 0 amide bonds. The summed E-state index contributed by atoms with van der Waals surface area (Å²) in [4.78, 5) is 0. The van der Waals surface area contributed by atoms with Crippen molar-refractivity contribution in [2.75, 3.05) is 5.43 Å². The third kappa shape index (κ3) is 1.69. The number of rotatable bonds is 2. The van der Waals surface area contributed by atoms with Crippen LogP contribution >= 0.6 is 0 Å². The molecule has 0 unspecified atom stereocenters. The molecule has 0 aromatic heterocycles. The van der Waals surface area contributed by atoms with E-state index in [1.54, 1.807) is 0 Å². The van der Waals surface area contributed by atoms with E-state index in [9.17, 15) is 0 Å². The van der Waals surface area contributed by atoms with Crippen molar-refractivity contribution in [3.05, 3.63) is 29.8 Å². The predicted molar refractivity (Wildman–Crippen MR) is 43.6 cm³/mol. The Morgan fingerprint density at radius 1 is 1.45 bits per heavy atom. The Kier molecular flexibility index (Phi) is 2.47. The molecule has 0 atom stereocenters. The van der Waals surface area contributed by atoms with E-state index in [4.69, 9.17) is 11.1 Å². The van der Waals surface area contributed by atoms with E-state index in [1.165, 1.54) is 0 Å². The molecule has 0 saturated carbocycles. The molecule has 3 nitrogen and oxygen atoms in total. The van der Waals surface area contributed by atoms with Crippen molar-refractivity contribution in [3.8, 4) is 6.07 Å². The number of hydrazine groups is 1. The Morgan fingerprint density at radius 2 is 2.18 bits per heavy atom. The van der Waals surface area contributed by atoms with Crippen LogP contribution in [0.2, 0.25) is 0 Å². The van der Waals surface area contributed by atoms with Gasteiger partial charge in [-0.2, -0.15) is 5.26 Å². The number of nitrogen functional groups attached to an aromatic ring is 1. The molecule has 0 aliphatic rings. The highest BCUT2D eigenvalue weighted by Gasteiger charge is 1.96. The number of hydrogen-bond donors (Lipinski definition) is 2. The molecule has 1 rings (SSSR count). The minimum Gasteiger partial charge on any atom is -0.324 e. The van der Waals surface area contributed by atoms with Crippen molar-refractivity contribution in [3.63, 3.8) is 0 Å². The normalized spacial score (nSPS) is 8.73. The average molecular weight is 147 g/mol. The smallest absolute Gasteiger partial charge is 0.0670 e. The summed E-state index contributed by atoms with van der Waals surface area (Å²) in [7, 11) is 0. The molecule has 0 heterocycles. The molecule has 0 aliphatic heterocycles. The van der Waals surface area contributed by atoms with Gasteiger partial charge >= 0.3 is 0 Å². The third-order valence-corrected chi connectivity index (χ3v) is 1.44. The molecule has 0 aliphatic carbocycles. The second kappa shape index (κ2) is 3.59. The molecule has 3 heteroatoms. The number of nitriles is 1. The van der Waals surface area contributed by atoms with Gasteiger partial charge in [0.05, 0.1) is 18.2 Å². The van der Waals surface area contributed by atoms with Crippen LogP contribution in [0, 0.1) is 11.3 Å². The van der Waals surface area contributed by atoms with Crippen LogP contribution in [0.1, 0.15) is 5.56 Å². The monoisotopic (exact) mass is 147 g/mol. The summed E-state index contributed by atoms with van der Waals surface area (Å²) in [6.45, 7) is 0. The fraction of sp³-hybridized carbons (Fsp3) is 0.125. The number of nitrogens with zero attached hydrogens (tertiary/aromatic N) is 1. The van der Waals surface area contributed by atoms with Crippen molar-refractivity contribution in [1.29, 1.82) is 5.26 Å². The summed E-state index contributed by atoms with van der Waals surface area (Å²) in [5, 5.41) is 8.42. The fourth-order valence-corrected chi connectivity index (χ4v) is 0.900. The molecule has 1 aromatic carbocycles. The number of hydrogen-bond acceptors (Lipinski definition) is 3. The van der Waals surface area contributed by atoms with E-state index < -0.39 is 0 Å². The highest BCUT2D eigenvalue weighted by Crippen LogP contribution is 2.12. The van der Waals surface area contributed by atoms with Crippen LogP contribution in [-0.2, 0) is 6.42 Å². The fourth-order valence-electron chi connectivity index (χ4n) is 0.900. The first-order chi connectivity index (χ1) is 5.38. The van der Waals surface area contributed by atoms with Crippen molar-refractivity contribution >= 4 is 5.69 Å². The largest absolute Gasteiger partial charge is 0.324 e. The predicted octanol–water partition coefficient (Wildman–Crippen LogP) is 1.04. The van der Waals surface area contributed by atoms with E-state index >= 15 is 0 Å². The van der Waals surface area contributed by atoms with Gasteiger partial charge in [0.25, 0.3) is 0 Å². The zero-order valence-corrected chi connectivity index (χ0v) is 6.04. The summed E-state index contributed by atoms with van der Waals surface area (Å²) in [6, 6.07) is 9.53. The van der Waals surface area contributed by atoms with Crippen LogP contribution in [-0.4, -0.2) is 0 Å². The molecule has 11 heavy (non-hydrogen) atoms. The van der Waals surface area contributed by atoms with Crippen molar-refractivity contribution in [2.45, 2.75) is 6.42 Å². The molecule has 1 aromatic rings. The lowest BCUT2D eigenvalue weighted by atomic mass is 10.1. The zero-order chi connectivity index (χ0) is 8.10. The van der Waals surface area contributed by atoms with E-state index in [-0.39, 0.29) is 0 Å². The molecule has 0 saturated heterocycles. The van der Waals surface area contributed by atoms with Gasteiger partial charge in [-0.3, -0.25) is 5.84 Å². The quantitative estimate of drug-likeness (QED) is 0.485. The molecule has 0 radical (unpaired) electrons. The number of benzene rings is 1. The molecule has 0 fully saturated rings. The SMILES string of the molecule is N#CCc1ccccc1NN. The molecule has 0 bridgehead atoms. The molecular formula is C8H9N3. The van der Waals surface area contributed by atoms with Gasteiger partial charge in [-0.25, -0.2) is 0 Å². The lowest BCUT2D eigenvalue weighted by Gasteiger charge is -2.03. The van der Waals surface area contributed by atoms with Gasteiger partial charge < -0.3 is 5.43 Å². The van der Waals surface area contributed by atoms with Crippen molar-refractivity contribution in [1.82, 2.24) is 0 Å². The molecule has 3 N–H and O–H groups in total. The highest BCUT2D eigenvalue weighted by molar-refractivity contribution is 5.50. The molecule has 56 valence electrons. The average Bonchev–Trinajstić information content (AvgIpc) is 2.06. The van der Waals surface area contributed by atoms with Gasteiger partial charge in [-0.1, -0.05) is 18.2 Å². The van der Waals surface area contributed by atoms with Gasteiger partial charge in [0, 0.05) is 0 Å². The Labute approximate surface area is 65.4 Å². The summed E-state index contributed by atoms with van der Waals surface area (Å²) in [5.41, 5.74) is 4.27. The van der Waals surface area contributed by atoms with E-state index in [0.29, 0.717) is 6.42 Å². The van der Waals surface area contributed by atoms with Crippen LogP contribution < -0.4 is 11.3 Å².